The van der Waals surface area contributed by atoms with Gasteiger partial charge in [0, 0.05) is 17.4 Å². The Morgan fingerprint density at radius 1 is 1.00 bits per heavy atom. The van der Waals surface area contributed by atoms with Crippen molar-refractivity contribution < 1.29 is 14.3 Å². The van der Waals surface area contributed by atoms with Gasteiger partial charge in [-0.05, 0) is 54.4 Å². The molecule has 0 fully saturated rings. The first-order chi connectivity index (χ1) is 17.1. The molecular weight excluding hydrogens is 466 g/mol. The average Bonchev–Trinajstić information content (AvgIpc) is 2.88. The Labute approximate surface area is 208 Å². The minimum Gasteiger partial charge on any atom is -0.497 e. The van der Waals surface area contributed by atoms with Gasteiger partial charge in [-0.1, -0.05) is 24.3 Å². The highest BCUT2D eigenvalue weighted by molar-refractivity contribution is 6.28. The van der Waals surface area contributed by atoms with Crippen molar-refractivity contribution >= 4 is 23.2 Å². The third-order valence-electron chi connectivity index (χ3n) is 5.20. The molecule has 0 aliphatic heterocycles. The van der Waals surface area contributed by atoms with Crippen molar-refractivity contribution in [3.63, 3.8) is 0 Å². The zero-order chi connectivity index (χ0) is 24.6. The zero-order valence-corrected chi connectivity index (χ0v) is 20.1. The smallest absolute Gasteiger partial charge is 0.233 e. The van der Waals surface area contributed by atoms with E-state index in [1.165, 1.54) is 6.20 Å². The number of carbonyl (C=O) groups excluding carboxylic acids is 1. The van der Waals surface area contributed by atoms with Crippen LogP contribution in [0.25, 0.3) is 11.3 Å². The Bertz CT molecular complexity index is 1280. The molecule has 2 heterocycles. The van der Waals surface area contributed by atoms with Gasteiger partial charge in [0.25, 0.3) is 0 Å². The van der Waals surface area contributed by atoms with E-state index >= 15 is 0 Å². The van der Waals surface area contributed by atoms with E-state index in [9.17, 15) is 4.79 Å². The van der Waals surface area contributed by atoms with Crippen LogP contribution in [0.3, 0.4) is 0 Å². The molecule has 0 saturated carbocycles. The van der Waals surface area contributed by atoms with E-state index in [1.54, 1.807) is 30.5 Å². The quantitative estimate of drug-likeness (QED) is 0.313. The van der Waals surface area contributed by atoms with Gasteiger partial charge in [-0.3, -0.25) is 9.78 Å². The standard InChI is InChI=1S/C26H24ClN5O3/c1-3-35-24-16-28-15-23(31-24)19-6-8-21(9-7-19)32(17-18-4-10-22(34-2)11-5-18)25(33)14-20-12-13-29-26(27)30-20/h4-13,15-16H,3,14,17H2,1-2H3. The van der Waals surface area contributed by atoms with Crippen molar-refractivity contribution in [2.75, 3.05) is 18.6 Å². The molecule has 0 atom stereocenters. The Morgan fingerprint density at radius 3 is 2.46 bits per heavy atom. The van der Waals surface area contributed by atoms with Gasteiger partial charge in [0.1, 0.15) is 5.75 Å². The van der Waals surface area contributed by atoms with Gasteiger partial charge in [-0.2, -0.15) is 0 Å². The number of anilines is 1. The molecule has 4 aromatic rings. The van der Waals surface area contributed by atoms with Crippen LogP contribution in [0.2, 0.25) is 5.28 Å². The third kappa shape index (κ3) is 6.30. The molecule has 0 saturated heterocycles. The Balaban J connectivity index is 1.61. The lowest BCUT2D eigenvalue weighted by atomic mass is 10.1. The summed E-state index contributed by atoms with van der Waals surface area (Å²) in [6, 6.07) is 16.9. The summed E-state index contributed by atoms with van der Waals surface area (Å²) in [6.07, 6.45) is 4.88. The number of amides is 1. The molecule has 8 nitrogen and oxygen atoms in total. The molecule has 0 unspecified atom stereocenters. The number of halogens is 1. The van der Waals surface area contributed by atoms with Crippen LogP contribution in [-0.2, 0) is 17.8 Å². The Hall–Kier alpha value is -4.04. The number of hydrogen-bond donors (Lipinski definition) is 0. The highest BCUT2D eigenvalue weighted by Crippen LogP contribution is 2.25. The van der Waals surface area contributed by atoms with Gasteiger partial charge >= 0.3 is 0 Å². The molecule has 2 aromatic carbocycles. The van der Waals surface area contributed by atoms with Gasteiger partial charge in [0.15, 0.2) is 0 Å². The summed E-state index contributed by atoms with van der Waals surface area (Å²) in [7, 11) is 1.62. The highest BCUT2D eigenvalue weighted by Gasteiger charge is 2.18. The van der Waals surface area contributed by atoms with Crippen LogP contribution < -0.4 is 14.4 Å². The van der Waals surface area contributed by atoms with E-state index in [2.05, 4.69) is 19.9 Å². The molecular formula is C26H24ClN5O3. The average molecular weight is 490 g/mol. The number of nitrogens with zero attached hydrogens (tertiary/aromatic N) is 5. The van der Waals surface area contributed by atoms with Crippen molar-refractivity contribution in [1.29, 1.82) is 0 Å². The van der Waals surface area contributed by atoms with Crippen molar-refractivity contribution in [3.8, 4) is 22.9 Å². The second-order valence-corrected chi connectivity index (χ2v) is 7.88. The summed E-state index contributed by atoms with van der Waals surface area (Å²) in [4.78, 5) is 31.8. The summed E-state index contributed by atoms with van der Waals surface area (Å²) in [5.41, 5.74) is 3.80. The number of benzene rings is 2. The molecule has 9 heteroatoms. The summed E-state index contributed by atoms with van der Waals surface area (Å²) >= 11 is 5.91. The number of ether oxygens (including phenoxy) is 2. The molecule has 0 aliphatic rings. The molecule has 0 radical (unpaired) electrons. The van der Waals surface area contributed by atoms with E-state index < -0.39 is 0 Å². The summed E-state index contributed by atoms with van der Waals surface area (Å²) in [5, 5.41) is 0.108. The van der Waals surface area contributed by atoms with E-state index in [-0.39, 0.29) is 17.6 Å². The minimum absolute atomic E-state index is 0.0853. The fourth-order valence-corrected chi connectivity index (χ4v) is 3.64. The summed E-state index contributed by atoms with van der Waals surface area (Å²) in [5.74, 6) is 1.09. The molecule has 0 N–H and O–H groups in total. The number of carbonyl (C=O) groups is 1. The monoisotopic (exact) mass is 489 g/mol. The largest absolute Gasteiger partial charge is 0.497 e. The molecule has 0 spiro atoms. The fourth-order valence-electron chi connectivity index (χ4n) is 3.47. The van der Waals surface area contributed by atoms with E-state index in [0.29, 0.717) is 30.4 Å². The van der Waals surface area contributed by atoms with Crippen molar-refractivity contribution in [2.24, 2.45) is 0 Å². The zero-order valence-electron chi connectivity index (χ0n) is 19.4. The maximum atomic E-state index is 13.4. The van der Waals surface area contributed by atoms with Gasteiger partial charge in [0.05, 0.1) is 50.5 Å². The molecule has 178 valence electrons. The van der Waals surface area contributed by atoms with Crippen molar-refractivity contribution in [3.05, 3.63) is 89.7 Å². The lowest BCUT2D eigenvalue weighted by Crippen LogP contribution is -2.32. The molecule has 4 rings (SSSR count). The number of hydrogen-bond acceptors (Lipinski definition) is 7. The molecule has 0 aliphatic carbocycles. The van der Waals surface area contributed by atoms with Crippen LogP contribution >= 0.6 is 11.6 Å². The van der Waals surface area contributed by atoms with Crippen LogP contribution in [0.5, 0.6) is 11.6 Å². The maximum absolute atomic E-state index is 13.4. The fraction of sp³-hybridized carbons (Fsp3) is 0.192. The SMILES string of the molecule is CCOc1cncc(-c2ccc(N(Cc3ccc(OC)cc3)C(=O)Cc3ccnc(Cl)n3)cc2)n1. The van der Waals surface area contributed by atoms with Gasteiger partial charge in [-0.15, -0.1) is 0 Å². The molecule has 35 heavy (non-hydrogen) atoms. The lowest BCUT2D eigenvalue weighted by molar-refractivity contribution is -0.118. The van der Waals surface area contributed by atoms with Gasteiger partial charge in [-0.25, -0.2) is 15.0 Å². The van der Waals surface area contributed by atoms with E-state index in [1.807, 2.05) is 55.5 Å². The highest BCUT2D eigenvalue weighted by atomic mass is 35.5. The van der Waals surface area contributed by atoms with Crippen molar-refractivity contribution in [1.82, 2.24) is 19.9 Å². The minimum atomic E-state index is -0.124. The van der Waals surface area contributed by atoms with E-state index in [0.717, 1.165) is 22.6 Å². The predicted molar refractivity (Wildman–Crippen MR) is 134 cm³/mol. The second-order valence-electron chi connectivity index (χ2n) is 7.54. The number of methoxy groups -OCH3 is 1. The van der Waals surface area contributed by atoms with Crippen molar-refractivity contribution in [2.45, 2.75) is 19.9 Å². The predicted octanol–water partition coefficient (Wildman–Crippen LogP) is 4.77. The van der Waals surface area contributed by atoms with Crippen LogP contribution in [0.4, 0.5) is 5.69 Å². The lowest BCUT2D eigenvalue weighted by Gasteiger charge is -2.23. The molecule has 0 bridgehead atoms. The normalized spacial score (nSPS) is 10.6. The van der Waals surface area contributed by atoms with Gasteiger partial charge in [0.2, 0.25) is 17.1 Å². The number of aromatic nitrogens is 4. The van der Waals surface area contributed by atoms with E-state index in [4.69, 9.17) is 21.1 Å². The van der Waals surface area contributed by atoms with Crippen LogP contribution in [0.15, 0.2) is 73.2 Å². The first-order valence-corrected chi connectivity index (χ1v) is 11.4. The Kier molecular flexibility index (Phi) is 7.84. The Morgan fingerprint density at radius 2 is 1.77 bits per heavy atom. The third-order valence-corrected chi connectivity index (χ3v) is 5.38. The first-order valence-electron chi connectivity index (χ1n) is 11.0. The van der Waals surface area contributed by atoms with Crippen LogP contribution in [0, 0.1) is 0 Å². The summed E-state index contributed by atoms with van der Waals surface area (Å²) in [6.45, 7) is 2.78. The van der Waals surface area contributed by atoms with Crippen LogP contribution in [-0.4, -0.2) is 39.6 Å². The number of rotatable bonds is 9. The molecule has 1 amide bonds. The topological polar surface area (TPSA) is 90.3 Å². The van der Waals surface area contributed by atoms with Crippen LogP contribution in [0.1, 0.15) is 18.2 Å². The first kappa shape index (κ1) is 24.1. The maximum Gasteiger partial charge on any atom is 0.233 e. The van der Waals surface area contributed by atoms with Gasteiger partial charge < -0.3 is 14.4 Å². The summed E-state index contributed by atoms with van der Waals surface area (Å²) < 4.78 is 10.7. The second kappa shape index (κ2) is 11.4. The molecule has 2 aromatic heterocycles.